The molecule has 1 saturated heterocycles. The van der Waals surface area contributed by atoms with Crippen molar-refractivity contribution in [1.82, 2.24) is 9.80 Å². The summed E-state index contributed by atoms with van der Waals surface area (Å²) in [7, 11) is 1.76. The molecular weight excluding hydrogens is 417 g/mol. The molecule has 1 unspecified atom stereocenters. The van der Waals surface area contributed by atoms with Crippen LogP contribution in [0.5, 0.6) is 0 Å². The lowest BCUT2D eigenvalue weighted by Gasteiger charge is -2.43. The van der Waals surface area contributed by atoms with Crippen LogP contribution in [0.2, 0.25) is 10.0 Å². The van der Waals surface area contributed by atoms with Crippen molar-refractivity contribution in [3.05, 3.63) is 58.1 Å². The fourth-order valence-electron chi connectivity index (χ4n) is 4.09. The van der Waals surface area contributed by atoms with E-state index in [9.17, 15) is 13.6 Å². The highest BCUT2D eigenvalue weighted by atomic mass is 35.5. The van der Waals surface area contributed by atoms with Crippen LogP contribution in [-0.2, 0) is 11.2 Å². The van der Waals surface area contributed by atoms with Gasteiger partial charge in [-0.25, -0.2) is 8.78 Å². The number of hydrogen-bond donors (Lipinski definition) is 0. The van der Waals surface area contributed by atoms with E-state index >= 15 is 0 Å². The minimum atomic E-state index is -2.66. The Morgan fingerprint density at radius 1 is 1.28 bits per heavy atom. The maximum Gasteiger partial charge on any atom is 0.261 e. The summed E-state index contributed by atoms with van der Waals surface area (Å²) >= 11 is 12.0. The van der Waals surface area contributed by atoms with Gasteiger partial charge in [0.1, 0.15) is 0 Å². The number of nitrogens with zero attached hydrogens (tertiary/aromatic N) is 2. The zero-order chi connectivity index (χ0) is 21.2. The van der Waals surface area contributed by atoms with E-state index in [0.717, 1.165) is 12.0 Å². The van der Waals surface area contributed by atoms with Crippen LogP contribution in [0, 0.1) is 5.41 Å². The zero-order valence-corrected chi connectivity index (χ0v) is 18.2. The van der Waals surface area contributed by atoms with Gasteiger partial charge in [-0.2, -0.15) is 0 Å². The van der Waals surface area contributed by atoms with E-state index in [-0.39, 0.29) is 36.8 Å². The van der Waals surface area contributed by atoms with E-state index in [1.807, 2.05) is 12.2 Å². The number of allylic oxidation sites excluding steroid dienone is 3. The van der Waals surface area contributed by atoms with Gasteiger partial charge in [-0.3, -0.25) is 9.69 Å². The summed E-state index contributed by atoms with van der Waals surface area (Å²) in [5.41, 5.74) is 0.446. The number of hydrogen-bond acceptors (Lipinski definition) is 2. The second-order valence-electron chi connectivity index (χ2n) is 8.28. The van der Waals surface area contributed by atoms with E-state index in [1.165, 1.54) is 0 Å². The Morgan fingerprint density at radius 2 is 2.03 bits per heavy atom. The molecule has 1 amide bonds. The van der Waals surface area contributed by atoms with Gasteiger partial charge in [0.05, 0.1) is 29.1 Å². The average Bonchev–Trinajstić information content (AvgIpc) is 3.01. The van der Waals surface area contributed by atoms with Crippen LogP contribution in [0.1, 0.15) is 25.3 Å². The summed E-state index contributed by atoms with van der Waals surface area (Å²) in [6, 6.07) is 4.91. The molecule has 0 radical (unpaired) electrons. The number of rotatable bonds is 6. The highest BCUT2D eigenvalue weighted by Crippen LogP contribution is 2.36. The zero-order valence-electron chi connectivity index (χ0n) is 16.7. The monoisotopic (exact) mass is 442 g/mol. The number of benzene rings is 1. The molecule has 0 N–H and O–H groups in total. The van der Waals surface area contributed by atoms with Gasteiger partial charge in [-0.05, 0) is 24.1 Å². The molecule has 0 bridgehead atoms. The third-order valence-electron chi connectivity index (χ3n) is 5.92. The Hall–Kier alpha value is -1.43. The average molecular weight is 443 g/mol. The van der Waals surface area contributed by atoms with Gasteiger partial charge in [0, 0.05) is 32.0 Å². The lowest BCUT2D eigenvalue weighted by molar-refractivity contribution is -0.133. The maximum atomic E-state index is 13.7. The lowest BCUT2D eigenvalue weighted by atomic mass is 9.76. The number of likely N-dealkylation sites (N-methyl/N-ethyl adjacent to an activating group) is 1. The molecule has 0 aromatic heterocycles. The molecule has 2 aliphatic rings. The normalized spacial score (nSPS) is 24.6. The molecule has 1 heterocycles. The van der Waals surface area contributed by atoms with Crippen molar-refractivity contribution in [2.75, 3.05) is 26.7 Å². The summed E-state index contributed by atoms with van der Waals surface area (Å²) in [6.07, 6.45) is 8.87. The Bertz CT molecular complexity index is 827. The molecule has 3 rings (SSSR count). The van der Waals surface area contributed by atoms with Crippen LogP contribution in [-0.4, -0.2) is 54.4 Å². The topological polar surface area (TPSA) is 23.6 Å². The summed E-state index contributed by atoms with van der Waals surface area (Å²) in [4.78, 5) is 16.6. The van der Waals surface area contributed by atoms with Crippen molar-refractivity contribution >= 4 is 29.1 Å². The minimum absolute atomic E-state index is 0.0801. The van der Waals surface area contributed by atoms with Crippen LogP contribution >= 0.6 is 23.2 Å². The molecule has 1 aliphatic carbocycles. The van der Waals surface area contributed by atoms with Crippen LogP contribution < -0.4 is 0 Å². The Kier molecular flexibility index (Phi) is 6.71. The predicted molar refractivity (Wildman–Crippen MR) is 114 cm³/mol. The summed E-state index contributed by atoms with van der Waals surface area (Å²) in [5, 5.41) is 0.846. The van der Waals surface area contributed by atoms with E-state index < -0.39 is 5.92 Å². The molecular formula is C22H26Cl2F2N2O. The Morgan fingerprint density at radius 3 is 2.62 bits per heavy atom. The minimum Gasteiger partial charge on any atom is -0.340 e. The second-order valence-corrected chi connectivity index (χ2v) is 9.10. The number of carbonyl (C=O) groups excluding carboxylic acids is 1. The maximum absolute atomic E-state index is 13.7. The van der Waals surface area contributed by atoms with Crippen molar-refractivity contribution in [3.63, 3.8) is 0 Å². The smallest absolute Gasteiger partial charge is 0.261 e. The first-order chi connectivity index (χ1) is 13.6. The molecule has 7 heteroatoms. The van der Waals surface area contributed by atoms with Gasteiger partial charge in [0.2, 0.25) is 5.91 Å². The standard InChI is InChI=1S/C22H26Cl2F2N2O/c1-21(8-4-3-5-9-21)19(14-28-11-10-22(25,26)15-28)27(2)20(29)13-16-6-7-17(23)18(24)12-16/h3-8,12,19H,9-11,13-15H2,1-2H3/t19-,21?/m1/s1. The third-order valence-corrected chi connectivity index (χ3v) is 6.66. The van der Waals surface area contributed by atoms with Crippen LogP contribution in [0.25, 0.3) is 0 Å². The first kappa shape index (κ1) is 22.3. The molecule has 1 aromatic carbocycles. The molecule has 1 fully saturated rings. The third kappa shape index (κ3) is 5.39. The van der Waals surface area contributed by atoms with E-state index in [2.05, 4.69) is 19.1 Å². The summed E-state index contributed by atoms with van der Waals surface area (Å²) < 4.78 is 27.5. The number of alkyl halides is 2. The molecule has 0 spiro atoms. The lowest BCUT2D eigenvalue weighted by Crippen LogP contribution is -2.53. The SMILES string of the molecule is CN(C(=O)Cc1ccc(Cl)c(Cl)c1)[C@H](CN1CCC(F)(F)C1)C1(C)C=CC=CC1. The molecule has 158 valence electrons. The van der Waals surface area contributed by atoms with Crippen LogP contribution in [0.15, 0.2) is 42.5 Å². The number of amides is 1. The molecule has 1 aliphatic heterocycles. The fraction of sp³-hybridized carbons (Fsp3) is 0.500. The Balaban J connectivity index is 1.78. The van der Waals surface area contributed by atoms with Crippen molar-refractivity contribution in [3.8, 4) is 0 Å². The van der Waals surface area contributed by atoms with Crippen molar-refractivity contribution in [1.29, 1.82) is 0 Å². The van der Waals surface area contributed by atoms with E-state index in [0.29, 0.717) is 23.1 Å². The molecule has 3 nitrogen and oxygen atoms in total. The number of halogens is 4. The highest BCUT2D eigenvalue weighted by molar-refractivity contribution is 6.42. The molecule has 1 aromatic rings. The van der Waals surface area contributed by atoms with E-state index in [1.54, 1.807) is 35.0 Å². The predicted octanol–water partition coefficient (Wildman–Crippen LogP) is 5.23. The fourth-order valence-corrected chi connectivity index (χ4v) is 4.42. The number of likely N-dealkylation sites (tertiary alicyclic amines) is 1. The number of carbonyl (C=O) groups is 1. The first-order valence-electron chi connectivity index (χ1n) is 9.74. The van der Waals surface area contributed by atoms with Gasteiger partial charge < -0.3 is 4.90 Å². The van der Waals surface area contributed by atoms with E-state index in [4.69, 9.17) is 23.2 Å². The van der Waals surface area contributed by atoms with Crippen molar-refractivity contribution in [2.45, 2.75) is 38.2 Å². The van der Waals surface area contributed by atoms with Gasteiger partial charge in [0.25, 0.3) is 5.92 Å². The van der Waals surface area contributed by atoms with Crippen LogP contribution in [0.4, 0.5) is 8.78 Å². The Labute approximate surface area is 180 Å². The van der Waals surface area contributed by atoms with Gasteiger partial charge in [-0.15, -0.1) is 0 Å². The van der Waals surface area contributed by atoms with Gasteiger partial charge >= 0.3 is 0 Å². The summed E-state index contributed by atoms with van der Waals surface area (Å²) in [5.74, 6) is -2.74. The highest BCUT2D eigenvalue weighted by Gasteiger charge is 2.43. The second kappa shape index (κ2) is 8.75. The molecule has 29 heavy (non-hydrogen) atoms. The quantitative estimate of drug-likeness (QED) is 0.602. The first-order valence-corrected chi connectivity index (χ1v) is 10.5. The molecule has 2 atom stereocenters. The van der Waals surface area contributed by atoms with Crippen molar-refractivity contribution < 1.29 is 13.6 Å². The van der Waals surface area contributed by atoms with Crippen molar-refractivity contribution in [2.24, 2.45) is 5.41 Å². The molecule has 0 saturated carbocycles. The van der Waals surface area contributed by atoms with Gasteiger partial charge in [0.15, 0.2) is 0 Å². The van der Waals surface area contributed by atoms with Gasteiger partial charge in [-0.1, -0.05) is 60.5 Å². The summed E-state index contributed by atoms with van der Waals surface area (Å²) in [6.45, 7) is 2.57. The largest absolute Gasteiger partial charge is 0.340 e. The van der Waals surface area contributed by atoms with Crippen LogP contribution in [0.3, 0.4) is 0 Å².